The molecule has 0 bridgehead atoms. The normalized spacial score (nSPS) is 10.3. The third-order valence-corrected chi connectivity index (χ3v) is 3.54. The van der Waals surface area contributed by atoms with Crippen molar-refractivity contribution in [3.8, 4) is 0 Å². The molecule has 0 amide bonds. The Morgan fingerprint density at radius 1 is 1.18 bits per heavy atom. The van der Waals surface area contributed by atoms with Crippen LogP contribution in [0.2, 0.25) is 5.02 Å². The molecule has 0 radical (unpaired) electrons. The van der Waals surface area contributed by atoms with Gasteiger partial charge in [0.05, 0.1) is 0 Å². The van der Waals surface area contributed by atoms with Gasteiger partial charge in [0.1, 0.15) is 0 Å². The summed E-state index contributed by atoms with van der Waals surface area (Å²) < 4.78 is 1.22. The molecule has 0 fully saturated rings. The maximum Gasteiger partial charge on any atom is 0.0458 e. The first-order valence-corrected chi connectivity index (χ1v) is 6.85. The predicted octanol–water partition coefficient (Wildman–Crippen LogP) is 4.87. The van der Waals surface area contributed by atoms with Crippen LogP contribution in [0, 0.1) is 10.5 Å². The zero-order valence-electron chi connectivity index (χ0n) is 9.50. The van der Waals surface area contributed by atoms with Gasteiger partial charge in [-0.05, 0) is 64.9 Å². The van der Waals surface area contributed by atoms with E-state index in [1.807, 2.05) is 19.1 Å². The van der Waals surface area contributed by atoms with E-state index in [1.54, 1.807) is 0 Å². The number of aryl methyl sites for hydroxylation is 1. The lowest BCUT2D eigenvalue weighted by atomic mass is 10.1. The molecule has 0 saturated heterocycles. The fourth-order valence-corrected chi connectivity index (χ4v) is 2.44. The minimum absolute atomic E-state index is 0.749. The van der Waals surface area contributed by atoms with Gasteiger partial charge in [0, 0.05) is 20.8 Å². The van der Waals surface area contributed by atoms with E-state index in [2.05, 4.69) is 58.2 Å². The molecule has 0 aliphatic heterocycles. The lowest BCUT2D eigenvalue weighted by molar-refractivity contribution is 1.14. The minimum atomic E-state index is 0.749. The summed E-state index contributed by atoms with van der Waals surface area (Å²) in [5.41, 5.74) is 3.43. The molecule has 0 saturated carbocycles. The van der Waals surface area contributed by atoms with E-state index >= 15 is 0 Å². The second kappa shape index (κ2) is 5.74. The van der Waals surface area contributed by atoms with E-state index in [0.717, 1.165) is 22.8 Å². The maximum atomic E-state index is 6.19. The number of rotatable bonds is 3. The lowest BCUT2D eigenvalue weighted by Gasteiger charge is -2.09. The van der Waals surface area contributed by atoms with E-state index in [9.17, 15) is 0 Å². The summed E-state index contributed by atoms with van der Waals surface area (Å²) >= 11 is 8.49. The minimum Gasteiger partial charge on any atom is -0.381 e. The van der Waals surface area contributed by atoms with Crippen LogP contribution in [0.1, 0.15) is 11.1 Å². The van der Waals surface area contributed by atoms with E-state index in [-0.39, 0.29) is 0 Å². The quantitative estimate of drug-likeness (QED) is 0.773. The Kier molecular flexibility index (Phi) is 4.29. The fourth-order valence-electron chi connectivity index (χ4n) is 1.59. The van der Waals surface area contributed by atoms with E-state index in [0.29, 0.717) is 0 Å². The van der Waals surface area contributed by atoms with Crippen molar-refractivity contribution in [2.24, 2.45) is 0 Å². The summed E-state index contributed by atoms with van der Waals surface area (Å²) in [6.45, 7) is 2.79. The zero-order chi connectivity index (χ0) is 12.3. The van der Waals surface area contributed by atoms with Gasteiger partial charge in [0.25, 0.3) is 0 Å². The van der Waals surface area contributed by atoms with Crippen LogP contribution in [0.5, 0.6) is 0 Å². The van der Waals surface area contributed by atoms with Crippen molar-refractivity contribution in [1.29, 1.82) is 0 Å². The number of anilines is 1. The molecule has 0 aliphatic rings. The van der Waals surface area contributed by atoms with Crippen molar-refractivity contribution < 1.29 is 0 Å². The third kappa shape index (κ3) is 3.61. The molecule has 1 N–H and O–H groups in total. The van der Waals surface area contributed by atoms with E-state index in [1.165, 1.54) is 9.13 Å². The van der Waals surface area contributed by atoms with Gasteiger partial charge in [-0.2, -0.15) is 0 Å². The van der Waals surface area contributed by atoms with Crippen LogP contribution in [-0.4, -0.2) is 0 Å². The highest BCUT2D eigenvalue weighted by Crippen LogP contribution is 2.19. The Morgan fingerprint density at radius 2 is 2.00 bits per heavy atom. The Bertz CT molecular complexity index is 525. The number of hydrogen-bond donors (Lipinski definition) is 1. The van der Waals surface area contributed by atoms with Crippen molar-refractivity contribution in [3.05, 3.63) is 62.2 Å². The highest BCUT2D eigenvalue weighted by Gasteiger charge is 2.00. The molecule has 3 heteroatoms. The maximum absolute atomic E-state index is 6.19. The molecule has 2 rings (SSSR count). The molecule has 88 valence electrons. The largest absolute Gasteiger partial charge is 0.381 e. The van der Waals surface area contributed by atoms with Crippen LogP contribution in [-0.2, 0) is 6.54 Å². The summed E-state index contributed by atoms with van der Waals surface area (Å²) in [4.78, 5) is 0. The van der Waals surface area contributed by atoms with Crippen LogP contribution >= 0.6 is 34.2 Å². The average Bonchev–Trinajstić information content (AvgIpc) is 2.28. The Labute approximate surface area is 120 Å². The highest BCUT2D eigenvalue weighted by atomic mass is 127. The van der Waals surface area contributed by atoms with E-state index in [4.69, 9.17) is 11.6 Å². The second-order valence-corrected chi connectivity index (χ2v) is 5.61. The molecule has 1 nitrogen and oxygen atoms in total. The van der Waals surface area contributed by atoms with Crippen LogP contribution in [0.4, 0.5) is 5.69 Å². The molecule has 0 unspecified atom stereocenters. The van der Waals surface area contributed by atoms with E-state index < -0.39 is 0 Å². The van der Waals surface area contributed by atoms with Gasteiger partial charge in [0.15, 0.2) is 0 Å². The van der Waals surface area contributed by atoms with Crippen molar-refractivity contribution in [2.75, 3.05) is 5.32 Å². The predicted molar refractivity (Wildman–Crippen MR) is 82.7 cm³/mol. The molecule has 0 spiro atoms. The van der Waals surface area contributed by atoms with Gasteiger partial charge >= 0.3 is 0 Å². The SMILES string of the molecule is Cc1ccc(CNc2cccc(I)c2)c(Cl)c1. The molecular formula is C14H13ClIN. The number of hydrogen-bond acceptors (Lipinski definition) is 1. The van der Waals surface area contributed by atoms with Crippen molar-refractivity contribution >= 4 is 39.9 Å². The fraction of sp³-hybridized carbons (Fsp3) is 0.143. The highest BCUT2D eigenvalue weighted by molar-refractivity contribution is 14.1. The average molecular weight is 358 g/mol. The first kappa shape index (κ1) is 12.7. The monoisotopic (exact) mass is 357 g/mol. The molecule has 0 aliphatic carbocycles. The Morgan fingerprint density at radius 3 is 2.71 bits per heavy atom. The number of benzene rings is 2. The van der Waals surface area contributed by atoms with Gasteiger partial charge in [0.2, 0.25) is 0 Å². The zero-order valence-corrected chi connectivity index (χ0v) is 12.4. The van der Waals surface area contributed by atoms with Crippen molar-refractivity contribution in [1.82, 2.24) is 0 Å². The molecule has 2 aromatic carbocycles. The second-order valence-electron chi connectivity index (χ2n) is 3.96. The number of nitrogens with one attached hydrogen (secondary N) is 1. The standard InChI is InChI=1S/C14H13ClIN/c1-10-5-6-11(14(15)7-10)9-17-13-4-2-3-12(16)8-13/h2-8,17H,9H2,1H3. The van der Waals surface area contributed by atoms with Gasteiger partial charge < -0.3 is 5.32 Å². The Balaban J connectivity index is 2.07. The lowest BCUT2D eigenvalue weighted by Crippen LogP contribution is -2.00. The Hall–Kier alpha value is -0.740. The van der Waals surface area contributed by atoms with Crippen LogP contribution in [0.15, 0.2) is 42.5 Å². The third-order valence-electron chi connectivity index (χ3n) is 2.52. The topological polar surface area (TPSA) is 12.0 Å². The van der Waals surface area contributed by atoms with Crippen LogP contribution < -0.4 is 5.32 Å². The molecule has 0 heterocycles. The molecule has 17 heavy (non-hydrogen) atoms. The number of halogens is 2. The molecule has 0 atom stereocenters. The summed E-state index contributed by atoms with van der Waals surface area (Å²) in [7, 11) is 0. The summed E-state index contributed by atoms with van der Waals surface area (Å²) in [5, 5.41) is 4.20. The van der Waals surface area contributed by atoms with Crippen molar-refractivity contribution in [3.63, 3.8) is 0 Å². The van der Waals surface area contributed by atoms with Crippen molar-refractivity contribution in [2.45, 2.75) is 13.5 Å². The van der Waals surface area contributed by atoms with Gasteiger partial charge in [-0.3, -0.25) is 0 Å². The molecular weight excluding hydrogens is 345 g/mol. The molecule has 0 aromatic heterocycles. The first-order chi connectivity index (χ1) is 8.15. The summed E-state index contributed by atoms with van der Waals surface area (Å²) in [6.07, 6.45) is 0. The van der Waals surface area contributed by atoms with Gasteiger partial charge in [-0.25, -0.2) is 0 Å². The summed E-state index contributed by atoms with van der Waals surface area (Å²) in [6, 6.07) is 14.4. The van der Waals surface area contributed by atoms with Crippen LogP contribution in [0.25, 0.3) is 0 Å². The molecule has 2 aromatic rings. The van der Waals surface area contributed by atoms with Gasteiger partial charge in [-0.15, -0.1) is 0 Å². The summed E-state index contributed by atoms with van der Waals surface area (Å²) in [5.74, 6) is 0. The smallest absolute Gasteiger partial charge is 0.0458 e. The van der Waals surface area contributed by atoms with Crippen LogP contribution in [0.3, 0.4) is 0 Å². The van der Waals surface area contributed by atoms with Gasteiger partial charge in [-0.1, -0.05) is 29.8 Å². The first-order valence-electron chi connectivity index (χ1n) is 5.39.